The van der Waals surface area contributed by atoms with Crippen molar-refractivity contribution < 1.29 is 34.1 Å². The lowest BCUT2D eigenvalue weighted by Crippen LogP contribution is -2.56. The van der Waals surface area contributed by atoms with E-state index in [1.807, 2.05) is 48.5 Å². The van der Waals surface area contributed by atoms with Gasteiger partial charge in [0.05, 0.1) is 18.3 Å². The Morgan fingerprint density at radius 2 is 1.51 bits per heavy atom. The van der Waals surface area contributed by atoms with Crippen LogP contribution in [0, 0.1) is 0 Å². The summed E-state index contributed by atoms with van der Waals surface area (Å²) in [7, 11) is 0. The van der Waals surface area contributed by atoms with Crippen LogP contribution in [0.5, 0.6) is 0 Å². The Bertz CT molecular complexity index is 1030. The number of hydrogen-bond donors (Lipinski definition) is 4. The highest BCUT2D eigenvalue weighted by atomic mass is 16.5. The lowest BCUT2D eigenvalue weighted by Gasteiger charge is -2.26. The first-order valence-electron chi connectivity index (χ1n) is 11.4. The van der Waals surface area contributed by atoms with Crippen molar-refractivity contribution in [2.24, 2.45) is 0 Å². The standard InChI is InChI=1S/C26H32N2O7/c1-15(29)22(24(31)32)28-23(30)21(14-35-26(2,3)4)27-25(33)34-13-20-18-11-7-5-9-16(18)17-10-6-8-12-19(17)20/h5-12,15,20-22,29H,13-14H2,1-4H3,(H,27,33)(H,28,30)(H,31,32)/t15-,21+,22+/m1/s1. The Kier molecular flexibility index (Phi) is 8.14. The van der Waals surface area contributed by atoms with Gasteiger partial charge in [-0.3, -0.25) is 4.79 Å². The van der Waals surface area contributed by atoms with Crippen molar-refractivity contribution in [1.82, 2.24) is 10.6 Å². The average Bonchev–Trinajstić information content (AvgIpc) is 3.11. The molecule has 2 aromatic carbocycles. The minimum Gasteiger partial charge on any atom is -0.480 e. The van der Waals surface area contributed by atoms with Crippen LogP contribution in [0.15, 0.2) is 48.5 Å². The van der Waals surface area contributed by atoms with Crippen LogP contribution in [0.3, 0.4) is 0 Å². The van der Waals surface area contributed by atoms with E-state index in [1.54, 1.807) is 20.8 Å². The van der Waals surface area contributed by atoms with Gasteiger partial charge in [-0.25, -0.2) is 9.59 Å². The molecule has 0 spiro atoms. The van der Waals surface area contributed by atoms with Crippen LogP contribution in [0.2, 0.25) is 0 Å². The molecule has 0 saturated heterocycles. The molecule has 188 valence electrons. The van der Waals surface area contributed by atoms with Crippen molar-refractivity contribution in [2.75, 3.05) is 13.2 Å². The van der Waals surface area contributed by atoms with Crippen molar-refractivity contribution in [2.45, 2.75) is 57.4 Å². The van der Waals surface area contributed by atoms with Gasteiger partial charge in [-0.1, -0.05) is 48.5 Å². The summed E-state index contributed by atoms with van der Waals surface area (Å²) < 4.78 is 11.1. The monoisotopic (exact) mass is 484 g/mol. The van der Waals surface area contributed by atoms with E-state index in [0.717, 1.165) is 22.3 Å². The number of aliphatic carboxylic acids is 1. The SMILES string of the molecule is C[C@@H](O)[C@H](NC(=O)[C@H](COC(C)(C)C)NC(=O)OCC1c2ccccc2-c2ccccc21)C(=O)O. The van der Waals surface area contributed by atoms with Gasteiger partial charge >= 0.3 is 12.1 Å². The van der Waals surface area contributed by atoms with E-state index in [4.69, 9.17) is 9.47 Å². The summed E-state index contributed by atoms with van der Waals surface area (Å²) in [4.78, 5) is 36.8. The molecule has 3 rings (SSSR count). The molecule has 0 saturated carbocycles. The second-order valence-electron chi connectivity index (χ2n) is 9.51. The number of ether oxygens (including phenoxy) is 2. The number of carboxylic acids is 1. The van der Waals surface area contributed by atoms with Crippen molar-refractivity contribution >= 4 is 18.0 Å². The third-order valence-corrected chi connectivity index (χ3v) is 5.68. The topological polar surface area (TPSA) is 134 Å². The Hall–Kier alpha value is -3.43. The van der Waals surface area contributed by atoms with Crippen molar-refractivity contribution in [1.29, 1.82) is 0 Å². The number of aliphatic hydroxyl groups excluding tert-OH is 1. The van der Waals surface area contributed by atoms with E-state index in [9.17, 15) is 24.6 Å². The molecule has 0 fully saturated rings. The molecule has 4 N–H and O–H groups in total. The number of carboxylic acid groups (broad SMARTS) is 1. The number of carbonyl (C=O) groups is 3. The average molecular weight is 485 g/mol. The van der Waals surface area contributed by atoms with Crippen LogP contribution < -0.4 is 10.6 Å². The third kappa shape index (κ3) is 6.58. The molecular formula is C26H32N2O7. The Morgan fingerprint density at radius 1 is 0.971 bits per heavy atom. The van der Waals surface area contributed by atoms with Crippen LogP contribution in [-0.2, 0) is 19.1 Å². The predicted molar refractivity (Wildman–Crippen MR) is 129 cm³/mol. The number of benzene rings is 2. The van der Waals surface area contributed by atoms with Crippen LogP contribution in [0.1, 0.15) is 44.7 Å². The smallest absolute Gasteiger partial charge is 0.407 e. The summed E-state index contributed by atoms with van der Waals surface area (Å²) in [6.45, 7) is 6.44. The second-order valence-corrected chi connectivity index (χ2v) is 9.51. The number of amides is 2. The lowest BCUT2D eigenvalue weighted by molar-refractivity contribution is -0.145. The molecule has 9 nitrogen and oxygen atoms in total. The molecule has 0 heterocycles. The Morgan fingerprint density at radius 3 is 2.00 bits per heavy atom. The fourth-order valence-electron chi connectivity index (χ4n) is 3.94. The lowest BCUT2D eigenvalue weighted by atomic mass is 9.98. The third-order valence-electron chi connectivity index (χ3n) is 5.68. The molecule has 0 bridgehead atoms. The summed E-state index contributed by atoms with van der Waals surface area (Å²) >= 11 is 0. The van der Waals surface area contributed by atoms with Crippen LogP contribution in [-0.4, -0.2) is 65.2 Å². The molecule has 3 atom stereocenters. The first kappa shape index (κ1) is 26.2. The molecule has 2 amide bonds. The van der Waals surface area contributed by atoms with Crippen molar-refractivity contribution in [3.8, 4) is 11.1 Å². The molecule has 9 heteroatoms. The zero-order chi connectivity index (χ0) is 25.8. The van der Waals surface area contributed by atoms with Gasteiger partial charge in [0.15, 0.2) is 6.04 Å². The highest BCUT2D eigenvalue weighted by molar-refractivity contribution is 5.89. The quantitative estimate of drug-likeness (QED) is 0.430. The first-order valence-corrected chi connectivity index (χ1v) is 11.4. The number of hydrogen-bond acceptors (Lipinski definition) is 6. The highest BCUT2D eigenvalue weighted by Gasteiger charge is 2.32. The van der Waals surface area contributed by atoms with Crippen molar-refractivity contribution in [3.05, 3.63) is 59.7 Å². The molecule has 0 unspecified atom stereocenters. The Balaban J connectivity index is 1.69. The summed E-state index contributed by atoms with van der Waals surface area (Å²) in [5.41, 5.74) is 3.66. The predicted octanol–water partition coefficient (Wildman–Crippen LogP) is 2.66. The zero-order valence-corrected chi connectivity index (χ0v) is 20.3. The van der Waals surface area contributed by atoms with E-state index in [-0.39, 0.29) is 19.1 Å². The molecule has 1 aliphatic rings. The molecule has 0 radical (unpaired) electrons. The minimum atomic E-state index is -1.54. The van der Waals surface area contributed by atoms with E-state index < -0.39 is 41.8 Å². The fraction of sp³-hybridized carbons (Fsp3) is 0.423. The summed E-state index contributed by atoms with van der Waals surface area (Å²) in [6, 6.07) is 13.1. The van der Waals surface area contributed by atoms with Gasteiger partial charge in [0, 0.05) is 5.92 Å². The number of carbonyl (C=O) groups excluding carboxylic acids is 2. The van der Waals surface area contributed by atoms with Gasteiger partial charge in [-0.05, 0) is 49.9 Å². The molecule has 35 heavy (non-hydrogen) atoms. The molecule has 1 aliphatic carbocycles. The van der Waals surface area contributed by atoms with Crippen LogP contribution in [0.25, 0.3) is 11.1 Å². The minimum absolute atomic E-state index is 0.0553. The van der Waals surface area contributed by atoms with Gasteiger partial charge in [-0.2, -0.15) is 0 Å². The number of rotatable bonds is 9. The van der Waals surface area contributed by atoms with E-state index in [0.29, 0.717) is 0 Å². The van der Waals surface area contributed by atoms with E-state index in [2.05, 4.69) is 10.6 Å². The molecular weight excluding hydrogens is 452 g/mol. The van der Waals surface area contributed by atoms with Gasteiger partial charge in [0.25, 0.3) is 0 Å². The van der Waals surface area contributed by atoms with Crippen LogP contribution >= 0.6 is 0 Å². The second kappa shape index (κ2) is 10.9. The van der Waals surface area contributed by atoms with Gasteiger partial charge in [-0.15, -0.1) is 0 Å². The summed E-state index contributed by atoms with van der Waals surface area (Å²) in [5, 5.41) is 23.7. The first-order chi connectivity index (χ1) is 16.5. The van der Waals surface area contributed by atoms with Gasteiger partial charge in [0.2, 0.25) is 5.91 Å². The fourth-order valence-corrected chi connectivity index (χ4v) is 3.94. The molecule has 2 aromatic rings. The maximum absolute atomic E-state index is 12.8. The van der Waals surface area contributed by atoms with Crippen molar-refractivity contribution in [3.63, 3.8) is 0 Å². The zero-order valence-electron chi connectivity index (χ0n) is 20.3. The van der Waals surface area contributed by atoms with Gasteiger partial charge < -0.3 is 30.3 Å². The number of alkyl carbamates (subject to hydrolysis) is 1. The maximum atomic E-state index is 12.8. The molecule has 0 aliphatic heterocycles. The summed E-state index contributed by atoms with van der Waals surface area (Å²) in [5.74, 6) is -2.36. The molecule has 0 aromatic heterocycles. The number of fused-ring (bicyclic) bond motifs is 3. The number of nitrogens with one attached hydrogen (secondary N) is 2. The summed E-state index contributed by atoms with van der Waals surface area (Å²) in [6.07, 6.45) is -2.18. The Labute approximate surface area is 204 Å². The largest absolute Gasteiger partial charge is 0.480 e. The number of aliphatic hydroxyl groups is 1. The van der Waals surface area contributed by atoms with Crippen LogP contribution in [0.4, 0.5) is 4.79 Å². The van der Waals surface area contributed by atoms with E-state index >= 15 is 0 Å². The van der Waals surface area contributed by atoms with Gasteiger partial charge in [0.1, 0.15) is 12.6 Å². The highest BCUT2D eigenvalue weighted by Crippen LogP contribution is 2.44. The maximum Gasteiger partial charge on any atom is 0.407 e. The normalized spacial score (nSPS) is 15.3. The van der Waals surface area contributed by atoms with E-state index in [1.165, 1.54) is 6.92 Å².